The fraction of sp³-hybridized carbons (Fsp3) is 0.857. The summed E-state index contributed by atoms with van der Waals surface area (Å²) in [6.07, 6.45) is 1.74. The van der Waals surface area contributed by atoms with Crippen LogP contribution in [0.1, 0.15) is 33.1 Å². The number of carboxylic acid groups (broad SMARTS) is 1. The van der Waals surface area contributed by atoms with Crippen molar-refractivity contribution in [2.45, 2.75) is 33.1 Å². The lowest BCUT2D eigenvalue weighted by atomic mass is 9.88. The molecule has 20 heavy (non-hydrogen) atoms. The maximum atomic E-state index is 11.9. The first-order chi connectivity index (χ1) is 9.50. The first-order valence-corrected chi connectivity index (χ1v) is 8.48. The summed E-state index contributed by atoms with van der Waals surface area (Å²) in [6, 6.07) is 0.0195. The highest BCUT2D eigenvalue weighted by Gasteiger charge is 2.18. The van der Waals surface area contributed by atoms with Gasteiger partial charge in [-0.2, -0.15) is 11.8 Å². The van der Waals surface area contributed by atoms with E-state index in [1.54, 1.807) is 0 Å². The number of amides is 2. The minimum absolute atomic E-state index is 0.0195. The lowest BCUT2D eigenvalue weighted by molar-refractivity contribution is -0.137. The number of rotatable bonds is 7. The van der Waals surface area contributed by atoms with Gasteiger partial charge in [0.15, 0.2) is 0 Å². The summed E-state index contributed by atoms with van der Waals surface area (Å²) in [5, 5.41) is 11.7. The van der Waals surface area contributed by atoms with Crippen LogP contribution in [0.3, 0.4) is 0 Å². The molecule has 1 heterocycles. The van der Waals surface area contributed by atoms with Crippen molar-refractivity contribution in [1.82, 2.24) is 10.2 Å². The maximum absolute atomic E-state index is 11.9. The molecule has 0 aromatic rings. The summed E-state index contributed by atoms with van der Waals surface area (Å²) in [4.78, 5) is 24.4. The van der Waals surface area contributed by atoms with Gasteiger partial charge in [0, 0.05) is 37.6 Å². The molecular formula is C14H26N2O3S. The van der Waals surface area contributed by atoms with Gasteiger partial charge in [-0.3, -0.25) is 4.79 Å². The summed E-state index contributed by atoms with van der Waals surface area (Å²) in [7, 11) is 0. The van der Waals surface area contributed by atoms with Gasteiger partial charge in [-0.15, -0.1) is 0 Å². The van der Waals surface area contributed by atoms with E-state index in [1.165, 1.54) is 0 Å². The van der Waals surface area contributed by atoms with Crippen molar-refractivity contribution in [3.05, 3.63) is 0 Å². The van der Waals surface area contributed by atoms with E-state index in [4.69, 9.17) is 5.11 Å². The molecule has 0 radical (unpaired) electrons. The first kappa shape index (κ1) is 17.1. The second-order valence-corrected chi connectivity index (χ2v) is 6.78. The predicted molar refractivity (Wildman–Crippen MR) is 82.1 cm³/mol. The fourth-order valence-corrected chi connectivity index (χ4v) is 3.27. The monoisotopic (exact) mass is 302 g/mol. The molecule has 0 spiro atoms. The molecule has 0 bridgehead atoms. The summed E-state index contributed by atoms with van der Waals surface area (Å²) >= 11 is 1.88. The molecule has 2 N–H and O–H groups in total. The highest BCUT2D eigenvalue weighted by Crippen LogP contribution is 2.20. The minimum atomic E-state index is -0.745. The van der Waals surface area contributed by atoms with Crippen LogP contribution in [0.5, 0.6) is 0 Å². The largest absolute Gasteiger partial charge is 0.481 e. The molecule has 2 amide bonds. The molecule has 1 atom stereocenters. The summed E-state index contributed by atoms with van der Waals surface area (Å²) in [5.74, 6) is 2.08. The highest BCUT2D eigenvalue weighted by atomic mass is 32.2. The van der Waals surface area contributed by atoms with Crippen LogP contribution in [0.15, 0.2) is 0 Å². The molecule has 0 aliphatic carbocycles. The van der Waals surface area contributed by atoms with E-state index in [9.17, 15) is 9.59 Å². The number of carboxylic acids is 1. The van der Waals surface area contributed by atoms with E-state index in [-0.39, 0.29) is 12.5 Å². The van der Waals surface area contributed by atoms with Crippen molar-refractivity contribution >= 4 is 23.8 Å². The summed E-state index contributed by atoms with van der Waals surface area (Å²) in [5.41, 5.74) is 0. The molecule has 0 saturated carbocycles. The summed E-state index contributed by atoms with van der Waals surface area (Å²) < 4.78 is 0. The number of thioether (sulfide) groups is 1. The number of aliphatic carboxylic acids is 1. The van der Waals surface area contributed by atoms with E-state index in [0.717, 1.165) is 31.0 Å². The van der Waals surface area contributed by atoms with Gasteiger partial charge >= 0.3 is 12.0 Å². The molecule has 1 aliphatic heterocycles. The van der Waals surface area contributed by atoms with Crippen LogP contribution in [-0.2, 0) is 4.79 Å². The standard InChI is InChI=1S/C14H26N2O3S/c1-11(2)12(3-4-13(17)18)5-6-15-14(19)16-7-9-20-10-8-16/h11-12H,3-10H2,1-2H3,(H,15,19)(H,17,18). The highest BCUT2D eigenvalue weighted by molar-refractivity contribution is 7.99. The Morgan fingerprint density at radius 1 is 1.25 bits per heavy atom. The van der Waals surface area contributed by atoms with Crippen LogP contribution in [0.2, 0.25) is 0 Å². The Labute approximate surface area is 125 Å². The molecule has 1 unspecified atom stereocenters. The molecule has 0 aromatic heterocycles. The molecular weight excluding hydrogens is 276 g/mol. The maximum Gasteiger partial charge on any atom is 0.317 e. The third kappa shape index (κ3) is 6.50. The third-order valence-corrected chi connectivity index (χ3v) is 4.70. The van der Waals surface area contributed by atoms with Crippen molar-refractivity contribution < 1.29 is 14.7 Å². The fourth-order valence-electron chi connectivity index (χ4n) is 2.36. The van der Waals surface area contributed by atoms with Gasteiger partial charge in [0.2, 0.25) is 0 Å². The quantitative estimate of drug-likeness (QED) is 0.757. The van der Waals surface area contributed by atoms with E-state index in [0.29, 0.717) is 24.8 Å². The second kappa shape index (κ2) is 9.10. The lowest BCUT2D eigenvalue weighted by Gasteiger charge is -2.27. The number of urea groups is 1. The van der Waals surface area contributed by atoms with Gasteiger partial charge in [0.05, 0.1) is 0 Å². The van der Waals surface area contributed by atoms with Crippen molar-refractivity contribution in [3.8, 4) is 0 Å². The number of carbonyl (C=O) groups excluding carboxylic acids is 1. The second-order valence-electron chi connectivity index (χ2n) is 5.56. The smallest absolute Gasteiger partial charge is 0.317 e. The molecule has 116 valence electrons. The van der Waals surface area contributed by atoms with Crippen molar-refractivity contribution in [2.75, 3.05) is 31.1 Å². The zero-order valence-electron chi connectivity index (χ0n) is 12.4. The van der Waals surface area contributed by atoms with Crippen LogP contribution in [0, 0.1) is 11.8 Å². The average Bonchev–Trinajstić information content (AvgIpc) is 2.42. The molecule has 1 rings (SSSR count). The molecule has 6 heteroatoms. The Kier molecular flexibility index (Phi) is 7.80. The van der Waals surface area contributed by atoms with Crippen LogP contribution in [0.4, 0.5) is 4.79 Å². The molecule has 1 aliphatic rings. The Morgan fingerprint density at radius 2 is 1.90 bits per heavy atom. The van der Waals surface area contributed by atoms with Gasteiger partial charge < -0.3 is 15.3 Å². The molecule has 0 aromatic carbocycles. The molecule has 1 fully saturated rings. The molecule has 5 nitrogen and oxygen atoms in total. The topological polar surface area (TPSA) is 69.6 Å². The van der Waals surface area contributed by atoms with Crippen molar-refractivity contribution in [2.24, 2.45) is 11.8 Å². The SMILES string of the molecule is CC(C)C(CCNC(=O)N1CCSCC1)CCC(=O)O. The lowest BCUT2D eigenvalue weighted by Crippen LogP contribution is -2.44. The summed E-state index contributed by atoms with van der Waals surface area (Å²) in [6.45, 7) is 6.49. The van der Waals surface area contributed by atoms with Crippen LogP contribution < -0.4 is 5.32 Å². The van der Waals surface area contributed by atoms with Gasteiger partial charge in [-0.25, -0.2) is 4.79 Å². The first-order valence-electron chi connectivity index (χ1n) is 7.33. The zero-order chi connectivity index (χ0) is 15.0. The number of hydrogen-bond acceptors (Lipinski definition) is 3. The number of nitrogens with zero attached hydrogens (tertiary/aromatic N) is 1. The zero-order valence-corrected chi connectivity index (χ0v) is 13.2. The Balaban J connectivity index is 2.25. The van der Waals surface area contributed by atoms with Gasteiger partial charge in [-0.05, 0) is 24.7 Å². The van der Waals surface area contributed by atoms with Crippen LogP contribution in [-0.4, -0.2) is 53.1 Å². The Hall–Kier alpha value is -0.910. The van der Waals surface area contributed by atoms with Crippen molar-refractivity contribution in [3.63, 3.8) is 0 Å². The third-order valence-electron chi connectivity index (χ3n) is 3.76. The van der Waals surface area contributed by atoms with Gasteiger partial charge in [-0.1, -0.05) is 13.8 Å². The van der Waals surface area contributed by atoms with E-state index < -0.39 is 5.97 Å². The number of nitrogens with one attached hydrogen (secondary N) is 1. The predicted octanol–water partition coefficient (Wildman–Crippen LogP) is 2.27. The Bertz CT molecular complexity index is 318. The van der Waals surface area contributed by atoms with Crippen LogP contribution in [0.25, 0.3) is 0 Å². The van der Waals surface area contributed by atoms with Crippen LogP contribution >= 0.6 is 11.8 Å². The number of carbonyl (C=O) groups is 2. The minimum Gasteiger partial charge on any atom is -0.481 e. The van der Waals surface area contributed by atoms with E-state index in [2.05, 4.69) is 19.2 Å². The van der Waals surface area contributed by atoms with Gasteiger partial charge in [0.1, 0.15) is 0 Å². The average molecular weight is 302 g/mol. The van der Waals surface area contributed by atoms with Crippen molar-refractivity contribution in [1.29, 1.82) is 0 Å². The normalized spacial score (nSPS) is 17.1. The van der Waals surface area contributed by atoms with E-state index >= 15 is 0 Å². The number of hydrogen-bond donors (Lipinski definition) is 2. The molecule has 1 saturated heterocycles. The van der Waals surface area contributed by atoms with Gasteiger partial charge in [0.25, 0.3) is 0 Å². The Morgan fingerprint density at radius 3 is 2.45 bits per heavy atom. The van der Waals surface area contributed by atoms with E-state index in [1.807, 2.05) is 16.7 Å².